The number of hydrogen-bond donors (Lipinski definition) is 0. The number of alkyl halides is 2. The Balaban J connectivity index is 0.000000508. The third-order valence-corrected chi connectivity index (χ3v) is 5.07. The Morgan fingerprint density at radius 1 is 1.11 bits per heavy atom. The molecule has 0 saturated heterocycles. The average Bonchev–Trinajstić information content (AvgIpc) is 2.90. The Hall–Kier alpha value is -3.54. The topological polar surface area (TPSA) is 88.9 Å². The fraction of sp³-hybridized carbons (Fsp3) is 0.321. The van der Waals surface area contributed by atoms with E-state index in [1.165, 1.54) is 17.0 Å². The number of ether oxygens (including phenoxy) is 3. The van der Waals surface area contributed by atoms with Gasteiger partial charge in [-0.1, -0.05) is 48.7 Å². The molecule has 0 fully saturated rings. The van der Waals surface area contributed by atoms with Gasteiger partial charge in [-0.2, -0.15) is 5.26 Å². The van der Waals surface area contributed by atoms with Gasteiger partial charge < -0.3 is 19.1 Å². The van der Waals surface area contributed by atoms with Gasteiger partial charge in [-0.25, -0.2) is 9.18 Å². The van der Waals surface area contributed by atoms with Gasteiger partial charge in [-0.15, -0.1) is 13.2 Å². The van der Waals surface area contributed by atoms with Crippen LogP contribution in [-0.4, -0.2) is 47.4 Å². The summed E-state index contributed by atoms with van der Waals surface area (Å²) in [6.07, 6.45) is 4.25. The molecular weight excluding hydrogens is 534 g/mol. The Bertz CT molecular complexity index is 1090. The van der Waals surface area contributed by atoms with Gasteiger partial charge in [0.05, 0.1) is 18.2 Å². The molecular formula is C28H31Cl2FN2O5. The van der Waals surface area contributed by atoms with Gasteiger partial charge >= 0.3 is 5.97 Å². The minimum Gasteiger partial charge on any atom is -0.479 e. The molecule has 0 aromatic heterocycles. The van der Waals surface area contributed by atoms with Gasteiger partial charge in [0.2, 0.25) is 0 Å². The summed E-state index contributed by atoms with van der Waals surface area (Å²) < 4.78 is 29.9. The van der Waals surface area contributed by atoms with E-state index in [2.05, 4.69) is 13.2 Å². The second kappa shape index (κ2) is 17.8. The Labute approximate surface area is 233 Å². The fourth-order valence-electron chi connectivity index (χ4n) is 2.76. The van der Waals surface area contributed by atoms with Crippen LogP contribution in [0.25, 0.3) is 0 Å². The summed E-state index contributed by atoms with van der Waals surface area (Å²) in [4.78, 5) is 23.4. The molecule has 1 atom stereocenters. The first-order valence-electron chi connectivity index (χ1n) is 11.8. The van der Waals surface area contributed by atoms with Crippen LogP contribution in [0.1, 0.15) is 32.3 Å². The van der Waals surface area contributed by atoms with Crippen LogP contribution >= 0.6 is 23.2 Å². The zero-order chi connectivity index (χ0) is 28.5. The first-order valence-corrected chi connectivity index (χ1v) is 12.6. The lowest BCUT2D eigenvalue weighted by molar-refractivity contribution is -0.151. The van der Waals surface area contributed by atoms with E-state index in [-0.39, 0.29) is 17.2 Å². The monoisotopic (exact) mass is 564 g/mol. The second-order valence-corrected chi connectivity index (χ2v) is 8.83. The van der Waals surface area contributed by atoms with E-state index in [4.69, 9.17) is 42.7 Å². The summed E-state index contributed by atoms with van der Waals surface area (Å²) in [5, 5.41) is 8.74. The van der Waals surface area contributed by atoms with E-state index in [1.54, 1.807) is 43.3 Å². The van der Waals surface area contributed by atoms with E-state index in [0.717, 1.165) is 18.9 Å². The molecule has 0 spiro atoms. The molecule has 2 aromatic rings. The molecule has 0 bridgehead atoms. The number of amides is 1. The van der Waals surface area contributed by atoms with Gasteiger partial charge in [0.25, 0.3) is 5.91 Å². The first-order chi connectivity index (χ1) is 18.2. The van der Waals surface area contributed by atoms with E-state index in [0.29, 0.717) is 31.2 Å². The minimum atomic E-state index is -1.01. The Morgan fingerprint density at radius 3 is 2.21 bits per heavy atom. The van der Waals surface area contributed by atoms with Crippen molar-refractivity contribution < 1.29 is 28.2 Å². The summed E-state index contributed by atoms with van der Waals surface area (Å²) in [5.74, 6) is -0.466. The molecule has 2 rings (SSSR count). The molecule has 38 heavy (non-hydrogen) atoms. The van der Waals surface area contributed by atoms with Crippen molar-refractivity contribution >= 4 is 35.1 Å². The van der Waals surface area contributed by atoms with Gasteiger partial charge in [-0.3, -0.25) is 4.79 Å². The molecule has 204 valence electrons. The maximum Gasteiger partial charge on any atom is 0.347 e. The number of carbonyl (C=O) groups is 2. The molecule has 0 aliphatic rings. The lowest BCUT2D eigenvalue weighted by Gasteiger charge is -2.19. The van der Waals surface area contributed by atoms with Gasteiger partial charge in [0.15, 0.2) is 22.5 Å². The Kier molecular flexibility index (Phi) is 15.2. The largest absolute Gasteiger partial charge is 0.479 e. The predicted octanol–water partition coefficient (Wildman–Crippen LogP) is 6.59. The first kappa shape index (κ1) is 32.5. The number of benzene rings is 2. The van der Waals surface area contributed by atoms with Crippen molar-refractivity contribution in [3.8, 4) is 23.3 Å². The molecule has 10 heteroatoms. The smallest absolute Gasteiger partial charge is 0.347 e. The van der Waals surface area contributed by atoms with Gasteiger partial charge in [-0.05, 0) is 55.8 Å². The van der Waals surface area contributed by atoms with Crippen LogP contribution in [0.2, 0.25) is 0 Å². The van der Waals surface area contributed by atoms with Crippen molar-refractivity contribution in [1.29, 1.82) is 5.26 Å². The highest BCUT2D eigenvalue weighted by Gasteiger charge is 2.18. The zero-order valence-electron chi connectivity index (χ0n) is 21.4. The van der Waals surface area contributed by atoms with Crippen molar-refractivity contribution in [3.63, 3.8) is 0 Å². The van der Waals surface area contributed by atoms with Crippen LogP contribution in [-0.2, 0) is 14.3 Å². The summed E-state index contributed by atoms with van der Waals surface area (Å²) in [5.41, 5.74) is 0.221. The van der Waals surface area contributed by atoms with Gasteiger partial charge in [0.1, 0.15) is 11.5 Å². The summed E-state index contributed by atoms with van der Waals surface area (Å²) in [6.45, 7) is 11.9. The fourth-order valence-corrected chi connectivity index (χ4v) is 3.03. The van der Waals surface area contributed by atoms with Crippen molar-refractivity contribution in [2.45, 2.75) is 37.6 Å². The summed E-state index contributed by atoms with van der Waals surface area (Å²) in [6, 6.07) is 12.3. The van der Waals surface area contributed by atoms with E-state index < -0.39 is 22.7 Å². The van der Waals surface area contributed by atoms with Crippen molar-refractivity contribution in [2.24, 2.45) is 0 Å². The minimum absolute atomic E-state index is 0.0190. The average molecular weight is 565 g/mol. The predicted molar refractivity (Wildman–Crippen MR) is 146 cm³/mol. The highest BCUT2D eigenvalue weighted by molar-refractivity contribution is 6.53. The van der Waals surface area contributed by atoms with Crippen LogP contribution in [0, 0.1) is 17.1 Å². The van der Waals surface area contributed by atoms with Crippen molar-refractivity contribution in [2.75, 3.05) is 19.7 Å². The Morgan fingerprint density at radius 2 is 1.71 bits per heavy atom. The van der Waals surface area contributed by atoms with E-state index in [1.807, 2.05) is 13.0 Å². The number of unbranched alkanes of at least 4 members (excludes halogenated alkanes) is 1. The lowest BCUT2D eigenvalue weighted by Crippen LogP contribution is -2.35. The van der Waals surface area contributed by atoms with Gasteiger partial charge in [0, 0.05) is 13.1 Å². The van der Waals surface area contributed by atoms with Crippen LogP contribution in [0.15, 0.2) is 67.8 Å². The van der Waals surface area contributed by atoms with Crippen molar-refractivity contribution in [3.05, 3.63) is 79.2 Å². The number of rotatable bonds is 13. The number of nitriles is 1. The van der Waals surface area contributed by atoms with E-state index >= 15 is 0 Å². The summed E-state index contributed by atoms with van der Waals surface area (Å²) >= 11 is 10.8. The number of nitrogens with zero attached hydrogens (tertiary/aromatic N) is 2. The maximum absolute atomic E-state index is 13.8. The number of esters is 1. The quantitative estimate of drug-likeness (QED) is 0.118. The molecule has 2 aromatic carbocycles. The molecule has 0 heterocycles. The molecule has 1 amide bonds. The normalized spacial score (nSPS) is 10.8. The van der Waals surface area contributed by atoms with Crippen LogP contribution < -0.4 is 9.47 Å². The number of hydrogen-bond acceptors (Lipinski definition) is 6. The molecule has 0 aliphatic heterocycles. The molecule has 0 N–H and O–H groups in total. The third kappa shape index (κ3) is 11.7. The van der Waals surface area contributed by atoms with Crippen LogP contribution in [0.3, 0.4) is 0 Å². The molecule has 0 radical (unpaired) electrons. The van der Waals surface area contributed by atoms with Crippen LogP contribution in [0.4, 0.5) is 4.39 Å². The maximum atomic E-state index is 13.8. The standard InChI is InChI=1S/C20H20FNO4.C8H11Cl2NO/c1-3-4-11-24-20(23)14(2)25-16-6-8-17(9-7-16)26-19-10-5-15(13-22)12-18(19)21;1-3-5-11(6-4-2)8(12)7(9)10/h5-10,12,14H,3-4,11H2,1-2H3;3-4,7H,1-2,5-6H2/t14-;/m1./s1. The molecule has 0 aliphatic carbocycles. The summed E-state index contributed by atoms with van der Waals surface area (Å²) in [7, 11) is 0. The van der Waals surface area contributed by atoms with Crippen LogP contribution in [0.5, 0.6) is 17.2 Å². The SMILES string of the molecule is C=CCN(CC=C)C(=O)C(Cl)Cl.CCCCOC(=O)[C@@H](C)Oc1ccc(Oc2ccc(C#N)cc2F)cc1. The highest BCUT2D eigenvalue weighted by atomic mass is 35.5. The number of halogens is 3. The molecule has 7 nitrogen and oxygen atoms in total. The molecule has 0 unspecified atom stereocenters. The number of carbonyl (C=O) groups excluding carboxylic acids is 2. The second-order valence-electron chi connectivity index (χ2n) is 7.73. The lowest BCUT2D eigenvalue weighted by atomic mass is 10.2. The third-order valence-electron chi connectivity index (χ3n) is 4.70. The highest BCUT2D eigenvalue weighted by Crippen LogP contribution is 2.27. The zero-order valence-corrected chi connectivity index (χ0v) is 22.9. The molecule has 0 saturated carbocycles. The van der Waals surface area contributed by atoms with Crippen molar-refractivity contribution in [1.82, 2.24) is 4.90 Å². The van der Waals surface area contributed by atoms with E-state index in [9.17, 15) is 14.0 Å².